The number of hydrogen-bond donors (Lipinski definition) is 1. The van der Waals surface area contributed by atoms with E-state index < -0.39 is 0 Å². The molecule has 2 aliphatic rings. The van der Waals surface area contributed by atoms with Gasteiger partial charge in [-0.15, -0.1) is 0 Å². The lowest BCUT2D eigenvalue weighted by Gasteiger charge is -2.48. The predicted octanol–water partition coefficient (Wildman–Crippen LogP) is 2.90. The van der Waals surface area contributed by atoms with E-state index in [1.165, 1.54) is 25.8 Å². The van der Waals surface area contributed by atoms with Crippen LogP contribution in [-0.4, -0.2) is 48.8 Å². The van der Waals surface area contributed by atoms with Crippen LogP contribution in [-0.2, 0) is 4.74 Å². The lowest BCUT2D eigenvalue weighted by atomic mass is 9.90. The summed E-state index contributed by atoms with van der Waals surface area (Å²) < 4.78 is 5.96. The summed E-state index contributed by atoms with van der Waals surface area (Å²) in [4.78, 5) is 2.74. The van der Waals surface area contributed by atoms with Gasteiger partial charge in [-0.25, -0.2) is 0 Å². The molecular weight excluding hydrogens is 248 g/mol. The van der Waals surface area contributed by atoms with Crippen LogP contribution < -0.4 is 5.32 Å². The second-order valence-corrected chi connectivity index (χ2v) is 7.20. The monoisotopic (exact) mass is 282 g/mol. The summed E-state index contributed by atoms with van der Waals surface area (Å²) in [7, 11) is 0. The van der Waals surface area contributed by atoms with E-state index in [0.29, 0.717) is 30.1 Å². The third-order valence-electron chi connectivity index (χ3n) is 5.55. The standard InChI is InChI=1S/C17H34N2O/c1-6-13(4)15-11-19(16(10-18-15)12(2)3)14(5)17-8-7-9-20-17/h12-18H,6-11H2,1-5H3. The minimum absolute atomic E-state index is 0.451. The Morgan fingerprint density at radius 2 is 2.00 bits per heavy atom. The summed E-state index contributed by atoms with van der Waals surface area (Å²) in [5.41, 5.74) is 0. The molecule has 0 amide bonds. The minimum atomic E-state index is 0.451. The van der Waals surface area contributed by atoms with Crippen molar-refractivity contribution in [2.24, 2.45) is 11.8 Å². The summed E-state index contributed by atoms with van der Waals surface area (Å²) in [5.74, 6) is 1.45. The molecular formula is C17H34N2O. The van der Waals surface area contributed by atoms with Crippen LogP contribution in [0.15, 0.2) is 0 Å². The molecule has 2 heterocycles. The van der Waals surface area contributed by atoms with Gasteiger partial charge in [0.2, 0.25) is 0 Å². The molecule has 2 fully saturated rings. The lowest BCUT2D eigenvalue weighted by Crippen LogP contribution is -2.63. The summed E-state index contributed by atoms with van der Waals surface area (Å²) in [6, 6.07) is 1.84. The Bertz CT molecular complexity index is 289. The second kappa shape index (κ2) is 7.24. The van der Waals surface area contributed by atoms with Gasteiger partial charge in [-0.2, -0.15) is 0 Å². The summed E-state index contributed by atoms with van der Waals surface area (Å²) in [5, 5.41) is 3.79. The molecule has 0 aromatic heterocycles. The zero-order chi connectivity index (χ0) is 14.7. The number of hydrogen-bond acceptors (Lipinski definition) is 3. The first-order valence-corrected chi connectivity index (χ1v) is 8.65. The molecule has 0 aromatic carbocycles. The highest BCUT2D eigenvalue weighted by molar-refractivity contribution is 4.94. The van der Waals surface area contributed by atoms with Gasteiger partial charge in [-0.3, -0.25) is 4.90 Å². The maximum atomic E-state index is 5.96. The SMILES string of the molecule is CCC(C)C1CN(C(C)C2CCCO2)C(C(C)C)CN1. The molecule has 3 heteroatoms. The van der Waals surface area contributed by atoms with Gasteiger partial charge in [0.15, 0.2) is 0 Å². The van der Waals surface area contributed by atoms with Crippen LogP contribution in [0.3, 0.4) is 0 Å². The van der Waals surface area contributed by atoms with E-state index in [4.69, 9.17) is 4.74 Å². The van der Waals surface area contributed by atoms with Crippen molar-refractivity contribution < 1.29 is 4.74 Å². The van der Waals surface area contributed by atoms with Gasteiger partial charge in [0.05, 0.1) is 6.10 Å². The normalized spacial score (nSPS) is 35.4. The first kappa shape index (κ1) is 16.3. The van der Waals surface area contributed by atoms with Crippen molar-refractivity contribution in [3.63, 3.8) is 0 Å². The number of nitrogens with one attached hydrogen (secondary N) is 1. The van der Waals surface area contributed by atoms with E-state index in [1.807, 2.05) is 0 Å². The maximum Gasteiger partial charge on any atom is 0.0728 e. The van der Waals surface area contributed by atoms with Gasteiger partial charge in [-0.05, 0) is 31.6 Å². The maximum absolute atomic E-state index is 5.96. The third-order valence-corrected chi connectivity index (χ3v) is 5.55. The Labute approximate surface area is 125 Å². The second-order valence-electron chi connectivity index (χ2n) is 7.20. The molecule has 0 saturated carbocycles. The molecule has 5 atom stereocenters. The zero-order valence-corrected chi connectivity index (χ0v) is 14.1. The Morgan fingerprint density at radius 1 is 1.25 bits per heavy atom. The molecule has 118 valence electrons. The lowest BCUT2D eigenvalue weighted by molar-refractivity contribution is -0.0206. The molecule has 0 bridgehead atoms. The Kier molecular flexibility index (Phi) is 5.88. The smallest absolute Gasteiger partial charge is 0.0728 e. The highest BCUT2D eigenvalue weighted by Crippen LogP contribution is 2.27. The van der Waals surface area contributed by atoms with Gasteiger partial charge in [0, 0.05) is 37.8 Å². The summed E-state index contributed by atoms with van der Waals surface area (Å²) in [6.07, 6.45) is 4.19. The van der Waals surface area contributed by atoms with Crippen molar-refractivity contribution in [2.45, 2.75) is 78.1 Å². The first-order chi connectivity index (χ1) is 9.54. The Balaban J connectivity index is 2.05. The highest BCUT2D eigenvalue weighted by atomic mass is 16.5. The summed E-state index contributed by atoms with van der Waals surface area (Å²) in [6.45, 7) is 15.0. The van der Waals surface area contributed by atoms with E-state index in [0.717, 1.165) is 19.1 Å². The quantitative estimate of drug-likeness (QED) is 0.839. The van der Waals surface area contributed by atoms with Crippen LogP contribution in [0, 0.1) is 11.8 Å². The van der Waals surface area contributed by atoms with Crippen LogP contribution in [0.1, 0.15) is 53.9 Å². The van der Waals surface area contributed by atoms with Crippen LogP contribution >= 0.6 is 0 Å². The van der Waals surface area contributed by atoms with Crippen molar-refractivity contribution in [3.05, 3.63) is 0 Å². The van der Waals surface area contributed by atoms with Gasteiger partial charge in [0.1, 0.15) is 0 Å². The van der Waals surface area contributed by atoms with E-state index in [9.17, 15) is 0 Å². The molecule has 2 saturated heterocycles. The van der Waals surface area contributed by atoms with Crippen molar-refractivity contribution in [1.29, 1.82) is 0 Å². The molecule has 20 heavy (non-hydrogen) atoms. The minimum Gasteiger partial charge on any atom is -0.377 e. The fourth-order valence-electron chi connectivity index (χ4n) is 3.77. The van der Waals surface area contributed by atoms with Crippen LogP contribution in [0.4, 0.5) is 0 Å². The molecule has 2 rings (SSSR count). The molecule has 1 N–H and O–H groups in total. The van der Waals surface area contributed by atoms with E-state index >= 15 is 0 Å². The zero-order valence-electron chi connectivity index (χ0n) is 14.1. The fraction of sp³-hybridized carbons (Fsp3) is 1.00. The van der Waals surface area contributed by atoms with Gasteiger partial charge >= 0.3 is 0 Å². The fourth-order valence-corrected chi connectivity index (χ4v) is 3.77. The number of rotatable bonds is 5. The van der Waals surface area contributed by atoms with E-state index in [-0.39, 0.29) is 0 Å². The molecule has 5 unspecified atom stereocenters. The van der Waals surface area contributed by atoms with E-state index in [1.54, 1.807) is 0 Å². The number of piperazine rings is 1. The van der Waals surface area contributed by atoms with Gasteiger partial charge in [-0.1, -0.05) is 34.1 Å². The van der Waals surface area contributed by atoms with Crippen molar-refractivity contribution in [2.75, 3.05) is 19.7 Å². The first-order valence-electron chi connectivity index (χ1n) is 8.65. The van der Waals surface area contributed by atoms with E-state index in [2.05, 4.69) is 44.8 Å². The van der Waals surface area contributed by atoms with Crippen LogP contribution in [0.25, 0.3) is 0 Å². The molecule has 0 aromatic rings. The predicted molar refractivity (Wildman–Crippen MR) is 85.0 cm³/mol. The number of ether oxygens (including phenoxy) is 1. The molecule has 0 radical (unpaired) electrons. The Morgan fingerprint density at radius 3 is 2.55 bits per heavy atom. The molecule has 0 aliphatic carbocycles. The third kappa shape index (κ3) is 3.55. The number of nitrogens with zero attached hydrogens (tertiary/aromatic N) is 1. The Hall–Kier alpha value is -0.120. The van der Waals surface area contributed by atoms with Crippen molar-refractivity contribution in [3.8, 4) is 0 Å². The van der Waals surface area contributed by atoms with Gasteiger partial charge in [0.25, 0.3) is 0 Å². The highest BCUT2D eigenvalue weighted by Gasteiger charge is 2.37. The molecule has 2 aliphatic heterocycles. The van der Waals surface area contributed by atoms with Crippen LogP contribution in [0.5, 0.6) is 0 Å². The molecule has 3 nitrogen and oxygen atoms in total. The molecule has 0 spiro atoms. The van der Waals surface area contributed by atoms with Crippen molar-refractivity contribution >= 4 is 0 Å². The average Bonchev–Trinajstić information content (AvgIpc) is 2.99. The largest absolute Gasteiger partial charge is 0.377 e. The topological polar surface area (TPSA) is 24.5 Å². The van der Waals surface area contributed by atoms with Crippen LogP contribution in [0.2, 0.25) is 0 Å². The average molecular weight is 282 g/mol. The van der Waals surface area contributed by atoms with Crippen molar-refractivity contribution in [1.82, 2.24) is 10.2 Å². The summed E-state index contributed by atoms with van der Waals surface area (Å²) >= 11 is 0. The van der Waals surface area contributed by atoms with Gasteiger partial charge < -0.3 is 10.1 Å².